The van der Waals surface area contributed by atoms with Gasteiger partial charge in [0, 0.05) is 0 Å². The van der Waals surface area contributed by atoms with Gasteiger partial charge >= 0.3 is 95.8 Å². The largest absolute Gasteiger partial charge is 0.488 e. The summed E-state index contributed by atoms with van der Waals surface area (Å²) >= 11 is 0. The van der Waals surface area contributed by atoms with Gasteiger partial charge in [-0.1, -0.05) is 155 Å². The van der Waals surface area contributed by atoms with Crippen LogP contribution in [-0.2, 0) is 18.6 Å². The van der Waals surface area contributed by atoms with Gasteiger partial charge in [-0.05, 0) is 150 Å². The number of benzene rings is 4. The van der Waals surface area contributed by atoms with Gasteiger partial charge in [0.05, 0.1) is 22.4 Å². The summed E-state index contributed by atoms with van der Waals surface area (Å²) in [4.78, 5) is -31.6. The van der Waals surface area contributed by atoms with Gasteiger partial charge < -0.3 is 18.6 Å². The summed E-state index contributed by atoms with van der Waals surface area (Å²) in [6, 6.07) is -18.9. The minimum atomic E-state index is -11.5. The van der Waals surface area contributed by atoms with E-state index in [1.807, 2.05) is 55.4 Å². The number of hydrogen-bond acceptors (Lipinski definition) is 4. The zero-order chi connectivity index (χ0) is 72.7. The zero-order valence-electron chi connectivity index (χ0n) is 44.1. The molecule has 538 valence electrons. The Bertz CT molecular complexity index is 3040. The van der Waals surface area contributed by atoms with Crippen molar-refractivity contribution in [1.82, 2.24) is 0 Å². The van der Waals surface area contributed by atoms with E-state index in [0.29, 0.717) is 0 Å². The predicted octanol–water partition coefficient (Wildman–Crippen LogP) is 30.2. The molecule has 90 heavy (non-hydrogen) atoms. The summed E-state index contributed by atoms with van der Waals surface area (Å²) in [7, 11) is -93.0. The third-order valence-electron chi connectivity index (χ3n) is 12.5. The van der Waals surface area contributed by atoms with E-state index in [2.05, 4.69) is 0 Å². The van der Waals surface area contributed by atoms with Crippen LogP contribution in [0, 0.1) is 0 Å². The van der Waals surface area contributed by atoms with Gasteiger partial charge in [-0.25, -0.2) is 0 Å². The molecule has 2 heterocycles. The van der Waals surface area contributed by atoms with Crippen molar-refractivity contribution in [1.29, 1.82) is 0 Å². The minimum absolute atomic E-state index is 0.360. The van der Waals surface area contributed by atoms with E-state index in [1.54, 1.807) is 0 Å². The first-order valence-electron chi connectivity index (χ1n) is 21.8. The Morgan fingerprint density at radius 3 is 0.356 bits per heavy atom. The molecule has 2 aliphatic rings. The van der Waals surface area contributed by atoms with E-state index in [0.717, 1.165) is 0 Å². The van der Waals surface area contributed by atoms with Gasteiger partial charge in [0.25, 0.3) is 0 Å². The van der Waals surface area contributed by atoms with Crippen molar-refractivity contribution >= 4 is 95.8 Å². The first kappa shape index (κ1) is 79.3. The molecule has 4 aromatic rings. The van der Waals surface area contributed by atoms with Gasteiger partial charge in [-0.2, -0.15) is 0 Å². The predicted molar refractivity (Wildman–Crippen MR) is 267 cm³/mol. The second-order valence-electron chi connectivity index (χ2n) is 21.8. The molecule has 4 aromatic carbocycles. The highest BCUT2D eigenvalue weighted by molar-refractivity contribution is 8.48. The van der Waals surface area contributed by atoms with Crippen LogP contribution in [0.3, 0.4) is 0 Å². The molecule has 2 fully saturated rings. The van der Waals surface area contributed by atoms with Crippen molar-refractivity contribution in [2.75, 3.05) is 0 Å². The van der Waals surface area contributed by atoms with Crippen LogP contribution in [-0.4, -0.2) is 36.4 Å². The van der Waals surface area contributed by atoms with E-state index >= 15 is 0 Å². The average Bonchev–Trinajstić information content (AvgIpc) is 3.53. The molecule has 2 aliphatic heterocycles. The highest BCUT2D eigenvalue weighted by Gasteiger charge is 2.75. The fourth-order valence-corrected chi connectivity index (χ4v) is 12.6. The molecule has 6 rings (SSSR count). The van der Waals surface area contributed by atoms with Gasteiger partial charge in [-0.15, -0.1) is 0 Å². The van der Waals surface area contributed by atoms with E-state index in [-0.39, 0.29) is 22.4 Å². The molecule has 0 aromatic heterocycles. The summed E-state index contributed by atoms with van der Waals surface area (Å²) in [5.41, 5.74) is -12.2. The van der Waals surface area contributed by atoms with Crippen molar-refractivity contribution in [3.63, 3.8) is 0 Å². The third-order valence-corrected chi connectivity index (χ3v) is 21.5. The highest BCUT2D eigenvalue weighted by atomic mass is 32.5. The van der Waals surface area contributed by atoms with Crippen molar-refractivity contribution in [2.45, 2.75) is 117 Å². The molecular weight excluding hydrogens is 1530 g/mol. The monoisotopic (exact) mass is 1570 g/mol. The van der Waals surface area contributed by atoms with Crippen molar-refractivity contribution in [3.05, 3.63) is 72.8 Å². The summed E-state index contributed by atoms with van der Waals surface area (Å²) in [6.07, 6.45) is 0. The molecule has 54 heteroatoms. The minimum Gasteiger partial charge on any atom is -0.405 e. The Morgan fingerprint density at radius 2 is 0.278 bits per heavy atom. The van der Waals surface area contributed by atoms with Crippen LogP contribution in [0.2, 0.25) is 0 Å². The first-order valence-corrected chi connectivity index (χ1v) is 37.4. The van der Waals surface area contributed by atoms with Gasteiger partial charge in [-0.3, -0.25) is 0 Å². The fraction of sp³-hybridized carbons (Fsp3) is 0.333. The number of halogens is 40. The fourth-order valence-electron chi connectivity index (χ4n) is 6.73. The van der Waals surface area contributed by atoms with Gasteiger partial charge in [0.1, 0.15) is 39.2 Å². The normalized spacial score (nSPS) is 24.0. The molecular formula is C36H36B2F40O4S8. The first-order chi connectivity index (χ1) is 36.6. The summed E-state index contributed by atoms with van der Waals surface area (Å²) < 4.78 is 546. The molecule has 0 radical (unpaired) electrons. The second kappa shape index (κ2) is 15.6. The van der Waals surface area contributed by atoms with Crippen LogP contribution in [0.5, 0.6) is 0 Å². The molecule has 2 saturated heterocycles. The van der Waals surface area contributed by atoms with Gasteiger partial charge in [0.15, 0.2) is 0 Å². The Kier molecular flexibility index (Phi) is 13.8. The van der Waals surface area contributed by atoms with Crippen molar-refractivity contribution < 1.29 is 174 Å². The van der Waals surface area contributed by atoms with E-state index < -0.39 is 230 Å². The lowest BCUT2D eigenvalue weighted by molar-refractivity contribution is 0.00578. The van der Waals surface area contributed by atoms with Crippen LogP contribution in [0.4, 0.5) is 155 Å². The molecule has 0 aliphatic carbocycles. The molecule has 0 atom stereocenters. The standard InChI is InChI=1S/C12H24B2O4.2C12H6F20S4/c1-9(2)10(3,4)16-13(15-9)14-17-11(5,6)12(7,8)18-14;2*13-33(14,15,16,17)9-1-7(2-10(5-9)34(18,19,20,21)22)8-3-11(35(23,24,25,26)27)6-12(4-8)36(28,29,30,31)32/h1-8H3;2*1-6H. The Hall–Kier alpha value is -3.15. The molecule has 0 spiro atoms. The zero-order valence-corrected chi connectivity index (χ0v) is 50.6. The number of rotatable bonds is 11. The maximum Gasteiger partial charge on any atom is 0.488 e. The maximum atomic E-state index is 13.1. The third kappa shape index (κ3) is 19.5. The van der Waals surface area contributed by atoms with E-state index in [4.69, 9.17) is 18.6 Å². The molecule has 0 N–H and O–H groups in total. The van der Waals surface area contributed by atoms with E-state index in [9.17, 15) is 155 Å². The number of hydrogen-bond donors (Lipinski definition) is 0. The smallest absolute Gasteiger partial charge is 0.405 e. The van der Waals surface area contributed by atoms with Crippen LogP contribution < -0.4 is 0 Å². The molecule has 0 unspecified atom stereocenters. The summed E-state index contributed by atoms with van der Waals surface area (Å²) in [5, 5.41) is 0. The van der Waals surface area contributed by atoms with E-state index in [1.165, 1.54) is 0 Å². The molecule has 0 saturated carbocycles. The van der Waals surface area contributed by atoms with Crippen LogP contribution in [0.1, 0.15) is 55.4 Å². The van der Waals surface area contributed by atoms with Crippen LogP contribution in [0.15, 0.2) is 112 Å². The molecule has 0 bridgehead atoms. The lowest BCUT2D eigenvalue weighted by Crippen LogP contribution is -2.41. The average molecular weight is 1570 g/mol. The van der Waals surface area contributed by atoms with Crippen molar-refractivity contribution in [3.8, 4) is 22.3 Å². The SMILES string of the molecule is CC1(C)OB(B2OC(C)(C)C(C)(C)O2)OC1(C)C.FS(F)(F)(F)(F)c1cc(-c2cc(S(F)(F)(F)(F)F)cc(S(F)(F)(F)(F)F)c2)cc(S(F)(F)(F)(F)F)c1.FS(F)(F)(F)(F)c1cc(-c2cc(S(F)(F)(F)(F)F)cc(S(F)(F)(F)(F)F)c2)cc(S(F)(F)(F)(F)F)c1. The Balaban J connectivity index is 0.000000304. The van der Waals surface area contributed by atoms with Crippen LogP contribution >= 0.6 is 81.8 Å². The second-order valence-corrected chi connectivity index (χ2v) is 41.0. The lowest BCUT2D eigenvalue weighted by atomic mass is 9.49. The summed E-state index contributed by atoms with van der Waals surface area (Å²) in [5.74, 6) is 0. The summed E-state index contributed by atoms with van der Waals surface area (Å²) in [6.45, 7) is 16.2. The Morgan fingerprint density at radius 1 is 0.189 bits per heavy atom. The van der Waals surface area contributed by atoms with Crippen LogP contribution in [0.25, 0.3) is 22.3 Å². The highest BCUT2D eigenvalue weighted by Crippen LogP contribution is 3.09. The molecule has 0 amide bonds. The molecule has 4 nitrogen and oxygen atoms in total. The Labute approximate surface area is 480 Å². The maximum absolute atomic E-state index is 13.1. The van der Waals surface area contributed by atoms with Crippen molar-refractivity contribution in [2.24, 2.45) is 0 Å². The topological polar surface area (TPSA) is 36.9 Å². The lowest BCUT2D eigenvalue weighted by Gasteiger charge is -2.45. The van der Waals surface area contributed by atoms with Gasteiger partial charge in [0.2, 0.25) is 0 Å². The quantitative estimate of drug-likeness (QED) is 0.111.